The minimum atomic E-state index is 0.541. The van der Waals surface area contributed by atoms with Crippen molar-refractivity contribution in [2.45, 2.75) is 6.54 Å². The lowest BCUT2D eigenvalue weighted by Crippen LogP contribution is -2.02. The summed E-state index contributed by atoms with van der Waals surface area (Å²) in [7, 11) is 0. The van der Waals surface area contributed by atoms with Gasteiger partial charge in [-0.1, -0.05) is 0 Å². The van der Waals surface area contributed by atoms with E-state index < -0.39 is 0 Å². The highest BCUT2D eigenvalue weighted by atomic mass is 16.6. The Morgan fingerprint density at radius 1 is 1.17 bits per heavy atom. The van der Waals surface area contributed by atoms with E-state index in [9.17, 15) is 0 Å². The molecule has 0 bridgehead atoms. The maximum absolute atomic E-state index is 5.77. The maximum Gasteiger partial charge on any atom is 0.160 e. The fourth-order valence-corrected chi connectivity index (χ4v) is 1.64. The van der Waals surface area contributed by atoms with Gasteiger partial charge in [0.2, 0.25) is 0 Å². The van der Waals surface area contributed by atoms with E-state index >= 15 is 0 Å². The minimum Gasteiger partial charge on any atom is -0.397 e. The largest absolute Gasteiger partial charge is 0.397 e. The van der Waals surface area contributed by atoms with Crippen molar-refractivity contribution in [3.8, 4) is 0 Å². The molecule has 3 N–H and O–H groups in total. The van der Waals surface area contributed by atoms with E-state index in [1.807, 2.05) is 12.1 Å². The lowest BCUT2D eigenvalue weighted by molar-refractivity contribution is 0.316. The third-order valence-corrected chi connectivity index (χ3v) is 2.55. The second kappa shape index (κ2) is 4.28. The van der Waals surface area contributed by atoms with Gasteiger partial charge in [0, 0.05) is 6.20 Å². The van der Waals surface area contributed by atoms with Crippen LogP contribution in [-0.4, -0.2) is 20.3 Å². The van der Waals surface area contributed by atoms with Crippen molar-refractivity contribution in [2.75, 3.05) is 11.1 Å². The molecule has 0 radical (unpaired) electrons. The minimum absolute atomic E-state index is 0.541. The number of benzene rings is 1. The number of nitrogens with one attached hydrogen (secondary N) is 1. The predicted octanol–water partition coefficient (Wildman–Crippen LogP) is 1.21. The van der Waals surface area contributed by atoms with Gasteiger partial charge in [-0.2, -0.15) is 0 Å². The highest BCUT2D eigenvalue weighted by molar-refractivity contribution is 5.94. The van der Waals surface area contributed by atoms with Crippen LogP contribution in [0.3, 0.4) is 0 Å². The second-order valence-electron chi connectivity index (χ2n) is 3.72. The van der Waals surface area contributed by atoms with Gasteiger partial charge in [-0.25, -0.2) is 14.6 Å². The van der Waals surface area contributed by atoms with Crippen molar-refractivity contribution < 1.29 is 4.63 Å². The molecule has 18 heavy (non-hydrogen) atoms. The van der Waals surface area contributed by atoms with Crippen molar-refractivity contribution in [3.63, 3.8) is 0 Å². The Morgan fingerprint density at radius 3 is 2.89 bits per heavy atom. The van der Waals surface area contributed by atoms with E-state index in [1.54, 1.807) is 12.3 Å². The molecule has 3 aromatic rings. The molecular weight excluding hydrogens is 232 g/mol. The van der Waals surface area contributed by atoms with E-state index in [2.05, 4.69) is 25.6 Å². The third-order valence-electron chi connectivity index (χ3n) is 2.55. The van der Waals surface area contributed by atoms with Crippen LogP contribution in [0.15, 0.2) is 35.4 Å². The van der Waals surface area contributed by atoms with E-state index in [1.165, 1.54) is 6.33 Å². The van der Waals surface area contributed by atoms with E-state index in [0.29, 0.717) is 23.3 Å². The van der Waals surface area contributed by atoms with Crippen molar-refractivity contribution in [1.29, 1.82) is 0 Å². The van der Waals surface area contributed by atoms with Crippen molar-refractivity contribution in [2.24, 2.45) is 0 Å². The number of hydrogen-bond acceptors (Lipinski definition) is 7. The first-order valence-electron chi connectivity index (χ1n) is 5.34. The number of hydrogen-bond donors (Lipinski definition) is 2. The summed E-state index contributed by atoms with van der Waals surface area (Å²) in [6.45, 7) is 0.564. The number of fused-ring (bicyclic) bond motifs is 1. The topological polar surface area (TPSA) is 103 Å². The van der Waals surface area contributed by atoms with Crippen LogP contribution in [0, 0.1) is 0 Å². The van der Waals surface area contributed by atoms with Crippen molar-refractivity contribution >= 4 is 22.4 Å². The normalized spacial score (nSPS) is 10.7. The molecule has 0 aliphatic rings. The zero-order valence-electron chi connectivity index (χ0n) is 9.37. The summed E-state index contributed by atoms with van der Waals surface area (Å²) in [5.74, 6) is 0. The Morgan fingerprint density at radius 2 is 2.06 bits per heavy atom. The van der Waals surface area contributed by atoms with Crippen LogP contribution in [-0.2, 0) is 6.54 Å². The van der Waals surface area contributed by atoms with Gasteiger partial charge in [0.05, 0.1) is 23.6 Å². The van der Waals surface area contributed by atoms with Gasteiger partial charge in [-0.05, 0) is 28.5 Å². The van der Waals surface area contributed by atoms with Crippen molar-refractivity contribution in [3.05, 3.63) is 36.4 Å². The number of nitrogens with zero attached hydrogens (tertiary/aromatic N) is 4. The van der Waals surface area contributed by atoms with E-state index in [-0.39, 0.29) is 0 Å². The fourth-order valence-electron chi connectivity index (χ4n) is 1.64. The molecule has 90 valence electrons. The summed E-state index contributed by atoms with van der Waals surface area (Å²) in [4.78, 5) is 7.98. The SMILES string of the molecule is Nc1ccc(NCc2ccncn2)c2nonc12. The lowest BCUT2D eigenvalue weighted by atomic mass is 10.2. The summed E-state index contributed by atoms with van der Waals surface area (Å²) < 4.78 is 4.69. The summed E-state index contributed by atoms with van der Waals surface area (Å²) >= 11 is 0. The van der Waals surface area contributed by atoms with Crippen molar-refractivity contribution in [1.82, 2.24) is 20.3 Å². The molecular formula is C11H10N6O. The van der Waals surface area contributed by atoms with E-state index in [0.717, 1.165) is 11.4 Å². The molecule has 0 unspecified atom stereocenters. The number of rotatable bonds is 3. The highest BCUT2D eigenvalue weighted by Gasteiger charge is 2.09. The molecule has 2 heterocycles. The first kappa shape index (κ1) is 10.5. The maximum atomic E-state index is 5.77. The first-order valence-corrected chi connectivity index (χ1v) is 5.34. The second-order valence-corrected chi connectivity index (χ2v) is 3.72. The number of nitrogens with two attached hydrogens (primary N) is 1. The van der Waals surface area contributed by atoms with Gasteiger partial charge in [-0.15, -0.1) is 0 Å². The number of nitrogen functional groups attached to an aromatic ring is 1. The predicted molar refractivity (Wildman–Crippen MR) is 65.6 cm³/mol. The molecule has 0 aliphatic carbocycles. The number of anilines is 2. The van der Waals surface area contributed by atoms with Gasteiger partial charge < -0.3 is 11.1 Å². The van der Waals surface area contributed by atoms with Crippen LogP contribution in [0.4, 0.5) is 11.4 Å². The molecule has 0 aliphatic heterocycles. The molecule has 0 fully saturated rings. The van der Waals surface area contributed by atoms with Crippen LogP contribution in [0.25, 0.3) is 11.0 Å². The molecule has 0 atom stereocenters. The molecule has 0 saturated heterocycles. The summed E-state index contributed by atoms with van der Waals surface area (Å²) in [5, 5.41) is 10.8. The highest BCUT2D eigenvalue weighted by Crippen LogP contribution is 2.25. The van der Waals surface area contributed by atoms with Crippen LogP contribution >= 0.6 is 0 Å². The van der Waals surface area contributed by atoms with Gasteiger partial charge >= 0.3 is 0 Å². The zero-order valence-corrected chi connectivity index (χ0v) is 9.37. The Hall–Kier alpha value is -2.70. The first-order chi connectivity index (χ1) is 8.84. The monoisotopic (exact) mass is 242 g/mol. The molecule has 7 heteroatoms. The van der Waals surface area contributed by atoms with Gasteiger partial charge in [-0.3, -0.25) is 0 Å². The molecule has 7 nitrogen and oxygen atoms in total. The Labute approximate surface area is 102 Å². The number of aromatic nitrogens is 4. The average molecular weight is 242 g/mol. The zero-order chi connectivity index (χ0) is 12.4. The van der Waals surface area contributed by atoms with Crippen LogP contribution in [0.2, 0.25) is 0 Å². The molecule has 3 rings (SSSR count). The lowest BCUT2D eigenvalue weighted by Gasteiger charge is -2.06. The fraction of sp³-hybridized carbons (Fsp3) is 0.0909. The standard InChI is InChI=1S/C11H10N6O/c12-8-1-2-9(11-10(8)16-18-17-11)14-5-7-3-4-13-6-15-7/h1-4,6,14H,5,12H2. The smallest absolute Gasteiger partial charge is 0.160 e. The summed E-state index contributed by atoms with van der Waals surface area (Å²) in [6.07, 6.45) is 3.20. The van der Waals surface area contributed by atoms with Gasteiger partial charge in [0.25, 0.3) is 0 Å². The molecule has 0 amide bonds. The molecule has 0 spiro atoms. The molecule has 1 aromatic carbocycles. The van der Waals surface area contributed by atoms with E-state index in [4.69, 9.17) is 10.4 Å². The van der Waals surface area contributed by atoms with Crippen LogP contribution < -0.4 is 11.1 Å². The van der Waals surface area contributed by atoms with Crippen LogP contribution in [0.5, 0.6) is 0 Å². The summed E-state index contributed by atoms with van der Waals surface area (Å²) in [6, 6.07) is 5.43. The van der Waals surface area contributed by atoms with Crippen LogP contribution in [0.1, 0.15) is 5.69 Å². The quantitative estimate of drug-likeness (QED) is 0.665. The third kappa shape index (κ3) is 1.81. The Bertz CT molecular complexity index is 666. The van der Waals surface area contributed by atoms with Gasteiger partial charge in [0.1, 0.15) is 6.33 Å². The average Bonchev–Trinajstić information content (AvgIpc) is 2.90. The molecule has 0 saturated carbocycles. The Balaban J connectivity index is 1.87. The molecule has 2 aromatic heterocycles. The summed E-state index contributed by atoms with van der Waals surface area (Å²) in [5.41, 5.74) is 9.17. The Kier molecular flexibility index (Phi) is 2.49. The van der Waals surface area contributed by atoms with Gasteiger partial charge in [0.15, 0.2) is 11.0 Å².